The minimum Gasteiger partial charge on any atom is -0.355 e. The average Bonchev–Trinajstić information content (AvgIpc) is 3.17. The SMILES string of the molecule is CCC1CCCCN1C(=O)Cc1cc(-c2cccs2)on1. The molecule has 2 aromatic heterocycles. The summed E-state index contributed by atoms with van der Waals surface area (Å²) in [4.78, 5) is 15.6. The van der Waals surface area contributed by atoms with Gasteiger partial charge in [0, 0.05) is 18.7 Å². The Bertz CT molecular complexity index is 591. The van der Waals surface area contributed by atoms with Gasteiger partial charge in [0.2, 0.25) is 5.91 Å². The van der Waals surface area contributed by atoms with Crippen LogP contribution in [0.5, 0.6) is 0 Å². The van der Waals surface area contributed by atoms with Gasteiger partial charge in [0.05, 0.1) is 17.0 Å². The molecule has 112 valence electrons. The Labute approximate surface area is 128 Å². The van der Waals surface area contributed by atoms with Crippen LogP contribution < -0.4 is 0 Å². The van der Waals surface area contributed by atoms with Crippen molar-refractivity contribution < 1.29 is 9.32 Å². The molecule has 0 saturated carbocycles. The second-order valence-corrected chi connectivity index (χ2v) is 6.43. The lowest BCUT2D eigenvalue weighted by molar-refractivity contribution is -0.134. The molecule has 0 aromatic carbocycles. The van der Waals surface area contributed by atoms with Gasteiger partial charge in [-0.3, -0.25) is 4.79 Å². The Morgan fingerprint density at radius 2 is 2.43 bits per heavy atom. The molecule has 1 aliphatic heterocycles. The van der Waals surface area contributed by atoms with E-state index in [9.17, 15) is 4.79 Å². The lowest BCUT2D eigenvalue weighted by Crippen LogP contribution is -2.44. The highest BCUT2D eigenvalue weighted by atomic mass is 32.1. The normalized spacial score (nSPS) is 18.9. The van der Waals surface area contributed by atoms with Crippen LogP contribution in [0.25, 0.3) is 10.6 Å². The van der Waals surface area contributed by atoms with Gasteiger partial charge >= 0.3 is 0 Å². The third kappa shape index (κ3) is 3.18. The van der Waals surface area contributed by atoms with E-state index in [2.05, 4.69) is 12.1 Å². The number of rotatable bonds is 4. The molecule has 1 aliphatic rings. The standard InChI is InChI=1S/C16H20N2O2S/c1-2-13-6-3-4-8-18(13)16(19)11-12-10-14(20-17-12)15-7-5-9-21-15/h5,7,9-10,13H,2-4,6,8,11H2,1H3. The Hall–Kier alpha value is -1.62. The van der Waals surface area contributed by atoms with Crippen molar-refractivity contribution >= 4 is 17.2 Å². The first-order valence-electron chi connectivity index (χ1n) is 7.57. The smallest absolute Gasteiger partial charge is 0.228 e. The Morgan fingerprint density at radius 3 is 3.19 bits per heavy atom. The average molecular weight is 304 g/mol. The molecule has 1 unspecified atom stereocenters. The molecule has 0 N–H and O–H groups in total. The molecular weight excluding hydrogens is 284 g/mol. The van der Waals surface area contributed by atoms with Gasteiger partial charge < -0.3 is 9.42 Å². The zero-order chi connectivity index (χ0) is 14.7. The van der Waals surface area contributed by atoms with Gasteiger partial charge in [-0.25, -0.2) is 0 Å². The number of hydrogen-bond acceptors (Lipinski definition) is 4. The molecule has 1 atom stereocenters. The number of piperidine rings is 1. The van der Waals surface area contributed by atoms with Crippen molar-refractivity contribution in [3.63, 3.8) is 0 Å². The van der Waals surface area contributed by atoms with Crippen LogP contribution in [-0.4, -0.2) is 28.6 Å². The van der Waals surface area contributed by atoms with Crippen LogP contribution in [0.4, 0.5) is 0 Å². The number of carbonyl (C=O) groups excluding carboxylic acids is 1. The maximum Gasteiger partial charge on any atom is 0.228 e. The number of amides is 1. The van der Waals surface area contributed by atoms with E-state index in [0.29, 0.717) is 12.5 Å². The summed E-state index contributed by atoms with van der Waals surface area (Å²) in [5, 5.41) is 6.04. The fourth-order valence-electron chi connectivity index (χ4n) is 2.94. The first-order chi connectivity index (χ1) is 10.3. The van der Waals surface area contributed by atoms with E-state index in [-0.39, 0.29) is 5.91 Å². The van der Waals surface area contributed by atoms with Gasteiger partial charge in [0.15, 0.2) is 5.76 Å². The van der Waals surface area contributed by atoms with E-state index in [0.717, 1.165) is 42.1 Å². The van der Waals surface area contributed by atoms with Crippen LogP contribution in [0.2, 0.25) is 0 Å². The second kappa shape index (κ2) is 6.43. The topological polar surface area (TPSA) is 46.3 Å². The number of aromatic nitrogens is 1. The molecule has 4 nitrogen and oxygen atoms in total. The largest absolute Gasteiger partial charge is 0.355 e. The summed E-state index contributed by atoms with van der Waals surface area (Å²) in [6, 6.07) is 6.26. The quantitative estimate of drug-likeness (QED) is 0.864. The monoisotopic (exact) mass is 304 g/mol. The summed E-state index contributed by atoms with van der Waals surface area (Å²) in [6.07, 6.45) is 4.84. The third-order valence-corrected chi connectivity index (χ3v) is 4.96. The first-order valence-corrected chi connectivity index (χ1v) is 8.45. The molecule has 0 spiro atoms. The van der Waals surface area contributed by atoms with E-state index in [1.54, 1.807) is 11.3 Å². The highest BCUT2D eigenvalue weighted by molar-refractivity contribution is 7.13. The van der Waals surface area contributed by atoms with Crippen molar-refractivity contribution in [1.82, 2.24) is 10.1 Å². The van der Waals surface area contributed by atoms with Gasteiger partial charge in [0.1, 0.15) is 0 Å². The molecule has 0 radical (unpaired) electrons. The van der Waals surface area contributed by atoms with Crippen LogP contribution in [0, 0.1) is 0 Å². The number of hydrogen-bond donors (Lipinski definition) is 0. The molecule has 0 bridgehead atoms. The fourth-order valence-corrected chi connectivity index (χ4v) is 3.61. The van der Waals surface area contributed by atoms with E-state index in [1.807, 2.05) is 28.5 Å². The van der Waals surface area contributed by atoms with Crippen molar-refractivity contribution in [2.45, 2.75) is 45.1 Å². The van der Waals surface area contributed by atoms with Crippen LogP contribution >= 0.6 is 11.3 Å². The third-order valence-electron chi connectivity index (χ3n) is 4.07. The van der Waals surface area contributed by atoms with Gasteiger partial charge in [-0.2, -0.15) is 0 Å². The number of likely N-dealkylation sites (tertiary alicyclic amines) is 1. The summed E-state index contributed by atoms with van der Waals surface area (Å²) in [5.74, 6) is 0.922. The molecule has 21 heavy (non-hydrogen) atoms. The molecule has 1 fully saturated rings. The van der Waals surface area contributed by atoms with Gasteiger partial charge in [-0.05, 0) is 37.1 Å². The zero-order valence-electron chi connectivity index (χ0n) is 12.2. The molecular formula is C16H20N2O2S. The van der Waals surface area contributed by atoms with Crippen LogP contribution in [0.1, 0.15) is 38.3 Å². The Morgan fingerprint density at radius 1 is 1.52 bits per heavy atom. The molecule has 3 heterocycles. The second-order valence-electron chi connectivity index (χ2n) is 5.48. The van der Waals surface area contributed by atoms with Crippen molar-refractivity contribution in [3.05, 3.63) is 29.3 Å². The maximum atomic E-state index is 12.5. The lowest BCUT2D eigenvalue weighted by atomic mass is 9.99. The minimum atomic E-state index is 0.174. The van der Waals surface area contributed by atoms with E-state index < -0.39 is 0 Å². The first kappa shape index (κ1) is 14.3. The number of thiophene rings is 1. The van der Waals surface area contributed by atoms with Crippen molar-refractivity contribution in [3.8, 4) is 10.6 Å². The molecule has 1 saturated heterocycles. The van der Waals surface area contributed by atoms with Gasteiger partial charge in [-0.1, -0.05) is 18.1 Å². The highest BCUT2D eigenvalue weighted by Crippen LogP contribution is 2.26. The molecule has 5 heteroatoms. The summed E-state index contributed by atoms with van der Waals surface area (Å²) in [6.45, 7) is 3.04. The van der Waals surface area contributed by atoms with Gasteiger partial charge in [-0.15, -0.1) is 11.3 Å². The molecule has 0 aliphatic carbocycles. The Balaban J connectivity index is 1.67. The predicted molar refractivity (Wildman–Crippen MR) is 83.2 cm³/mol. The Kier molecular flexibility index (Phi) is 4.39. The maximum absolute atomic E-state index is 12.5. The minimum absolute atomic E-state index is 0.174. The molecule has 1 amide bonds. The molecule has 3 rings (SSSR count). The van der Waals surface area contributed by atoms with E-state index in [1.165, 1.54) is 6.42 Å². The summed E-state index contributed by atoms with van der Waals surface area (Å²) < 4.78 is 5.34. The fraction of sp³-hybridized carbons (Fsp3) is 0.500. The predicted octanol–water partition coefficient (Wildman–Crippen LogP) is 3.74. The lowest BCUT2D eigenvalue weighted by Gasteiger charge is -2.35. The molecule has 2 aromatic rings. The number of carbonyl (C=O) groups is 1. The van der Waals surface area contributed by atoms with Crippen LogP contribution in [0.15, 0.2) is 28.1 Å². The van der Waals surface area contributed by atoms with Crippen LogP contribution in [0.3, 0.4) is 0 Å². The van der Waals surface area contributed by atoms with E-state index in [4.69, 9.17) is 4.52 Å². The van der Waals surface area contributed by atoms with Gasteiger partial charge in [0.25, 0.3) is 0 Å². The zero-order valence-corrected chi connectivity index (χ0v) is 13.1. The van der Waals surface area contributed by atoms with Crippen molar-refractivity contribution in [2.75, 3.05) is 6.54 Å². The summed E-state index contributed by atoms with van der Waals surface area (Å²) >= 11 is 1.61. The van der Waals surface area contributed by atoms with Crippen LogP contribution in [-0.2, 0) is 11.2 Å². The van der Waals surface area contributed by atoms with Crippen molar-refractivity contribution in [1.29, 1.82) is 0 Å². The van der Waals surface area contributed by atoms with E-state index >= 15 is 0 Å². The highest BCUT2D eigenvalue weighted by Gasteiger charge is 2.26. The summed E-state index contributed by atoms with van der Waals surface area (Å²) in [7, 11) is 0. The number of nitrogens with zero attached hydrogens (tertiary/aromatic N) is 2. The summed E-state index contributed by atoms with van der Waals surface area (Å²) in [5.41, 5.74) is 0.726. The van der Waals surface area contributed by atoms with Crippen molar-refractivity contribution in [2.24, 2.45) is 0 Å².